The molecule has 0 saturated carbocycles. The molecule has 0 unspecified atom stereocenters. The molecule has 0 atom stereocenters. The number of aromatic nitrogens is 2. The summed E-state index contributed by atoms with van der Waals surface area (Å²) in [5.41, 5.74) is 0.891. The predicted molar refractivity (Wildman–Crippen MR) is 96.8 cm³/mol. The summed E-state index contributed by atoms with van der Waals surface area (Å²) in [6, 6.07) is 8.58. The van der Waals surface area contributed by atoms with Crippen LogP contribution in [0.5, 0.6) is 5.75 Å². The summed E-state index contributed by atoms with van der Waals surface area (Å²) in [5.74, 6) is 0.405. The van der Waals surface area contributed by atoms with Gasteiger partial charge in [-0.2, -0.15) is 0 Å². The Morgan fingerprint density at radius 3 is 2.92 bits per heavy atom. The summed E-state index contributed by atoms with van der Waals surface area (Å²) in [6.07, 6.45) is 1.69. The Balaban J connectivity index is 1.54. The molecule has 134 valence electrons. The molecule has 1 aromatic carbocycles. The van der Waals surface area contributed by atoms with Gasteiger partial charge in [-0.3, -0.25) is 14.0 Å². The molecule has 1 aliphatic rings. The normalized spacial score (nSPS) is 14.5. The van der Waals surface area contributed by atoms with Crippen LogP contribution in [0, 0.1) is 0 Å². The van der Waals surface area contributed by atoms with Crippen LogP contribution in [-0.2, 0) is 11.3 Å². The molecule has 0 spiro atoms. The number of hydrogen-bond donors (Lipinski definition) is 0. The lowest BCUT2D eigenvalue weighted by Crippen LogP contribution is -2.40. The Morgan fingerprint density at radius 2 is 2.08 bits per heavy atom. The SMILES string of the molecule is O=C(c1ccccc1OCc1cc(=O)n2ccsc2n1)N1CCOCC1. The molecular formula is C18H17N3O4S. The van der Waals surface area contributed by atoms with Gasteiger partial charge in [0.05, 0.1) is 24.5 Å². The van der Waals surface area contributed by atoms with E-state index in [4.69, 9.17) is 9.47 Å². The van der Waals surface area contributed by atoms with Gasteiger partial charge < -0.3 is 14.4 Å². The fourth-order valence-corrected chi connectivity index (χ4v) is 3.56. The standard InChI is InChI=1S/C18H17N3O4S/c22-16-11-13(19-18-21(16)7-10-26-18)12-25-15-4-2-1-3-14(15)17(23)20-5-8-24-9-6-20/h1-4,7,10-11H,5-6,8-9,12H2. The third kappa shape index (κ3) is 3.33. The van der Waals surface area contributed by atoms with Gasteiger partial charge in [0.2, 0.25) is 0 Å². The van der Waals surface area contributed by atoms with Gasteiger partial charge in [0, 0.05) is 30.7 Å². The summed E-state index contributed by atoms with van der Waals surface area (Å²) in [6.45, 7) is 2.35. The second kappa shape index (κ2) is 7.27. The van der Waals surface area contributed by atoms with Gasteiger partial charge in [0.25, 0.3) is 11.5 Å². The van der Waals surface area contributed by atoms with Gasteiger partial charge in [0.1, 0.15) is 12.4 Å². The zero-order valence-corrected chi connectivity index (χ0v) is 14.8. The molecule has 1 saturated heterocycles. The Bertz CT molecular complexity index is 991. The number of thiazole rings is 1. The minimum Gasteiger partial charge on any atom is -0.486 e. The van der Waals surface area contributed by atoms with Crippen LogP contribution in [0.15, 0.2) is 46.7 Å². The number of nitrogens with zero attached hydrogens (tertiary/aromatic N) is 3. The molecule has 7 nitrogen and oxygen atoms in total. The Kier molecular flexibility index (Phi) is 4.68. The van der Waals surface area contributed by atoms with Crippen molar-refractivity contribution in [1.82, 2.24) is 14.3 Å². The minimum atomic E-state index is -0.146. The fourth-order valence-electron chi connectivity index (χ4n) is 2.82. The van der Waals surface area contributed by atoms with Crippen molar-refractivity contribution in [2.75, 3.05) is 26.3 Å². The van der Waals surface area contributed by atoms with E-state index >= 15 is 0 Å². The maximum atomic E-state index is 12.7. The molecule has 3 aromatic rings. The van der Waals surface area contributed by atoms with Crippen molar-refractivity contribution >= 4 is 22.2 Å². The molecule has 2 aromatic heterocycles. The lowest BCUT2D eigenvalue weighted by Gasteiger charge is -2.27. The molecule has 0 bridgehead atoms. The molecule has 4 rings (SSSR count). The maximum absolute atomic E-state index is 12.7. The molecule has 0 radical (unpaired) electrons. The van der Waals surface area contributed by atoms with Crippen molar-refractivity contribution in [2.45, 2.75) is 6.61 Å². The highest BCUT2D eigenvalue weighted by Crippen LogP contribution is 2.21. The summed E-state index contributed by atoms with van der Waals surface area (Å²) < 4.78 is 12.6. The predicted octanol–water partition coefficient (Wildman–Crippen LogP) is 1.81. The monoisotopic (exact) mass is 371 g/mol. The molecule has 8 heteroatoms. The molecule has 1 amide bonds. The van der Waals surface area contributed by atoms with Crippen molar-refractivity contribution in [1.29, 1.82) is 0 Å². The van der Waals surface area contributed by atoms with E-state index in [1.807, 2.05) is 17.5 Å². The smallest absolute Gasteiger partial charge is 0.258 e. The van der Waals surface area contributed by atoms with Crippen LogP contribution in [0.1, 0.15) is 16.1 Å². The summed E-state index contributed by atoms with van der Waals surface area (Å²) >= 11 is 1.39. The number of carbonyl (C=O) groups is 1. The van der Waals surface area contributed by atoms with Gasteiger partial charge in [-0.25, -0.2) is 4.98 Å². The molecule has 0 N–H and O–H groups in total. The second-order valence-electron chi connectivity index (χ2n) is 5.83. The number of hydrogen-bond acceptors (Lipinski definition) is 6. The average molecular weight is 371 g/mol. The number of rotatable bonds is 4. The second-order valence-corrected chi connectivity index (χ2v) is 6.70. The van der Waals surface area contributed by atoms with Crippen molar-refractivity contribution in [3.05, 3.63) is 63.5 Å². The largest absolute Gasteiger partial charge is 0.486 e. The minimum absolute atomic E-state index is 0.0781. The number of carbonyl (C=O) groups excluding carboxylic acids is 1. The first kappa shape index (κ1) is 16.7. The average Bonchev–Trinajstić information content (AvgIpc) is 3.16. The van der Waals surface area contributed by atoms with Crippen LogP contribution in [-0.4, -0.2) is 46.5 Å². The summed E-state index contributed by atoms with van der Waals surface area (Å²) in [5, 5.41) is 1.81. The van der Waals surface area contributed by atoms with Crippen molar-refractivity contribution in [3.8, 4) is 5.75 Å². The molecule has 0 aliphatic carbocycles. The first-order valence-electron chi connectivity index (χ1n) is 8.27. The highest BCUT2D eigenvalue weighted by Gasteiger charge is 2.21. The van der Waals surface area contributed by atoms with E-state index in [9.17, 15) is 9.59 Å². The van der Waals surface area contributed by atoms with Crippen LogP contribution in [0.3, 0.4) is 0 Å². The molecule has 1 fully saturated rings. The number of ether oxygens (including phenoxy) is 2. The van der Waals surface area contributed by atoms with Gasteiger partial charge in [0.15, 0.2) is 4.96 Å². The number of morpholine rings is 1. The van der Waals surface area contributed by atoms with Crippen LogP contribution in [0.4, 0.5) is 0 Å². The Morgan fingerprint density at radius 1 is 1.27 bits per heavy atom. The highest BCUT2D eigenvalue weighted by molar-refractivity contribution is 7.15. The van der Waals surface area contributed by atoms with E-state index in [1.54, 1.807) is 23.2 Å². The first-order valence-corrected chi connectivity index (χ1v) is 9.15. The Hall–Kier alpha value is -2.71. The number of amides is 1. The van der Waals surface area contributed by atoms with Crippen molar-refractivity contribution in [2.24, 2.45) is 0 Å². The van der Waals surface area contributed by atoms with Gasteiger partial charge >= 0.3 is 0 Å². The van der Waals surface area contributed by atoms with Crippen LogP contribution >= 0.6 is 11.3 Å². The van der Waals surface area contributed by atoms with Crippen LogP contribution < -0.4 is 10.3 Å². The van der Waals surface area contributed by atoms with Gasteiger partial charge in [-0.15, -0.1) is 11.3 Å². The zero-order valence-electron chi connectivity index (χ0n) is 14.0. The van der Waals surface area contributed by atoms with Gasteiger partial charge in [-0.05, 0) is 12.1 Å². The molecule has 26 heavy (non-hydrogen) atoms. The van der Waals surface area contributed by atoms with E-state index in [0.717, 1.165) is 0 Å². The highest BCUT2D eigenvalue weighted by atomic mass is 32.1. The summed E-state index contributed by atoms with van der Waals surface area (Å²) in [4.78, 5) is 31.6. The van der Waals surface area contributed by atoms with Crippen LogP contribution in [0.2, 0.25) is 0 Å². The number of benzene rings is 1. The zero-order chi connectivity index (χ0) is 17.9. The third-order valence-corrected chi connectivity index (χ3v) is 4.90. The Labute approximate surface area is 153 Å². The topological polar surface area (TPSA) is 73.1 Å². The van der Waals surface area contributed by atoms with E-state index in [1.165, 1.54) is 21.8 Å². The van der Waals surface area contributed by atoms with E-state index < -0.39 is 0 Å². The van der Waals surface area contributed by atoms with E-state index in [2.05, 4.69) is 4.98 Å². The van der Waals surface area contributed by atoms with Crippen molar-refractivity contribution < 1.29 is 14.3 Å². The molecule has 3 heterocycles. The fraction of sp³-hybridized carbons (Fsp3) is 0.278. The maximum Gasteiger partial charge on any atom is 0.258 e. The van der Waals surface area contributed by atoms with E-state index in [0.29, 0.717) is 48.3 Å². The van der Waals surface area contributed by atoms with Crippen molar-refractivity contribution in [3.63, 3.8) is 0 Å². The lowest BCUT2D eigenvalue weighted by atomic mass is 10.1. The quantitative estimate of drug-likeness (QED) is 0.699. The van der Waals surface area contributed by atoms with E-state index in [-0.39, 0.29) is 18.1 Å². The molecular weight excluding hydrogens is 354 g/mol. The number of para-hydroxylation sites is 1. The lowest BCUT2D eigenvalue weighted by molar-refractivity contribution is 0.0300. The third-order valence-electron chi connectivity index (χ3n) is 4.15. The van der Waals surface area contributed by atoms with Gasteiger partial charge in [-0.1, -0.05) is 12.1 Å². The molecule has 1 aliphatic heterocycles. The summed E-state index contributed by atoms with van der Waals surface area (Å²) in [7, 11) is 0. The first-order chi connectivity index (χ1) is 12.7. The number of fused-ring (bicyclic) bond motifs is 1. The van der Waals surface area contributed by atoms with Crippen LogP contribution in [0.25, 0.3) is 4.96 Å².